The van der Waals surface area contributed by atoms with Gasteiger partial charge < -0.3 is 24.4 Å². The molecule has 2 aliphatic rings. The van der Waals surface area contributed by atoms with E-state index in [1.807, 2.05) is 0 Å². The van der Waals surface area contributed by atoms with Gasteiger partial charge in [0.2, 0.25) is 0 Å². The van der Waals surface area contributed by atoms with Crippen LogP contribution in [0.1, 0.15) is 39.4 Å². The molecule has 0 unspecified atom stereocenters. The molecule has 3 rings (SSSR count). The smallest absolute Gasteiger partial charge is 0.337 e. The summed E-state index contributed by atoms with van der Waals surface area (Å²) in [6, 6.07) is 1.26. The summed E-state index contributed by atoms with van der Waals surface area (Å²) in [7, 11) is 0. The summed E-state index contributed by atoms with van der Waals surface area (Å²) in [5.41, 5.74) is 1.04. The number of rotatable bonds is 3. The highest BCUT2D eigenvalue weighted by atomic mass is 16.5. The molecule has 1 fully saturated rings. The number of carbonyl (C=O) groups is 2. The molecule has 0 spiro atoms. The van der Waals surface area contributed by atoms with Crippen LogP contribution in [0.4, 0.5) is 0 Å². The number of aromatic carboxylic acids is 1. The van der Waals surface area contributed by atoms with Gasteiger partial charge in [-0.15, -0.1) is 0 Å². The number of amides is 1. The molecule has 0 aromatic carbocycles. The number of aromatic nitrogens is 1. The highest BCUT2D eigenvalue weighted by Gasteiger charge is 2.33. The first-order chi connectivity index (χ1) is 10.1. The number of fused-ring (bicyclic) bond motifs is 1. The molecule has 1 atom stereocenters. The average Bonchev–Trinajstić information content (AvgIpc) is 3.11. The quantitative estimate of drug-likeness (QED) is 0.837. The first-order valence-electron chi connectivity index (χ1n) is 7.08. The predicted octanol–water partition coefficient (Wildman–Crippen LogP) is 0.313. The number of nitrogens with zero attached hydrogens (tertiary/aromatic N) is 2. The van der Waals surface area contributed by atoms with Gasteiger partial charge in [0.1, 0.15) is 5.69 Å². The third-order valence-corrected chi connectivity index (χ3v) is 4.20. The Balaban J connectivity index is 1.98. The molecule has 114 valence electrons. The number of aliphatic hydroxyl groups is 1. The first kappa shape index (κ1) is 14.1. The van der Waals surface area contributed by atoms with E-state index in [4.69, 9.17) is 4.74 Å². The largest absolute Gasteiger partial charge is 0.478 e. The summed E-state index contributed by atoms with van der Waals surface area (Å²) in [4.78, 5) is 25.6. The Morgan fingerprint density at radius 3 is 2.90 bits per heavy atom. The summed E-state index contributed by atoms with van der Waals surface area (Å²) in [5.74, 6) is -1.26. The lowest BCUT2D eigenvalue weighted by atomic mass is 10.2. The van der Waals surface area contributed by atoms with Crippen LogP contribution in [0.25, 0.3) is 0 Å². The molecule has 1 amide bonds. The lowest BCUT2D eigenvalue weighted by Gasteiger charge is -2.25. The van der Waals surface area contributed by atoms with Gasteiger partial charge in [-0.3, -0.25) is 4.79 Å². The average molecular weight is 294 g/mol. The molecule has 0 radical (unpaired) electrons. The van der Waals surface area contributed by atoms with Crippen molar-refractivity contribution < 1.29 is 24.5 Å². The van der Waals surface area contributed by atoms with Gasteiger partial charge in [-0.25, -0.2) is 4.79 Å². The molecule has 1 aromatic heterocycles. The number of carboxylic acid groups (broad SMARTS) is 1. The maximum Gasteiger partial charge on any atom is 0.337 e. The minimum absolute atomic E-state index is 0.0613. The fourth-order valence-electron chi connectivity index (χ4n) is 3.13. The van der Waals surface area contributed by atoms with E-state index >= 15 is 0 Å². The molecule has 0 saturated carbocycles. The number of aliphatic hydroxyl groups excluding tert-OH is 1. The number of hydrogen-bond acceptors (Lipinski definition) is 4. The molecule has 21 heavy (non-hydrogen) atoms. The molecule has 3 heterocycles. The Hall–Kier alpha value is -1.86. The number of hydrogen-bond donors (Lipinski definition) is 2. The Labute approximate surface area is 121 Å². The summed E-state index contributed by atoms with van der Waals surface area (Å²) in [6.45, 7) is 1.68. The molecule has 7 nitrogen and oxygen atoms in total. The van der Waals surface area contributed by atoms with Crippen molar-refractivity contribution in [3.63, 3.8) is 0 Å². The normalized spacial score (nSPS) is 21.4. The minimum atomic E-state index is -1.05. The van der Waals surface area contributed by atoms with E-state index in [1.165, 1.54) is 6.07 Å². The second-order valence-electron chi connectivity index (χ2n) is 5.38. The molecular formula is C14H18N2O5. The maximum atomic E-state index is 12.7. The highest BCUT2D eigenvalue weighted by molar-refractivity contribution is 5.98. The van der Waals surface area contributed by atoms with E-state index in [2.05, 4.69) is 0 Å². The van der Waals surface area contributed by atoms with Crippen LogP contribution in [0.5, 0.6) is 0 Å². The van der Waals surface area contributed by atoms with Gasteiger partial charge in [-0.05, 0) is 18.9 Å². The van der Waals surface area contributed by atoms with E-state index in [0.717, 1.165) is 12.8 Å². The topological polar surface area (TPSA) is 92.0 Å². The van der Waals surface area contributed by atoms with Gasteiger partial charge in [0.15, 0.2) is 0 Å². The van der Waals surface area contributed by atoms with Crippen molar-refractivity contribution in [2.75, 3.05) is 19.8 Å². The molecule has 7 heteroatoms. The predicted molar refractivity (Wildman–Crippen MR) is 72.2 cm³/mol. The van der Waals surface area contributed by atoms with E-state index in [-0.39, 0.29) is 30.7 Å². The fourth-order valence-corrected chi connectivity index (χ4v) is 3.13. The first-order valence-corrected chi connectivity index (χ1v) is 7.08. The number of carbonyl (C=O) groups excluding carboxylic acids is 1. The number of carboxylic acids is 1. The second-order valence-corrected chi connectivity index (χ2v) is 5.38. The third kappa shape index (κ3) is 2.32. The Kier molecular flexibility index (Phi) is 3.69. The van der Waals surface area contributed by atoms with E-state index in [0.29, 0.717) is 31.1 Å². The van der Waals surface area contributed by atoms with Gasteiger partial charge >= 0.3 is 5.97 Å². The molecule has 1 aromatic rings. The Bertz CT molecular complexity index is 580. The zero-order chi connectivity index (χ0) is 15.0. The molecule has 2 N–H and O–H groups in total. The van der Waals surface area contributed by atoms with Crippen LogP contribution >= 0.6 is 0 Å². The van der Waals surface area contributed by atoms with Crippen LogP contribution < -0.4 is 0 Å². The van der Waals surface area contributed by atoms with Crippen molar-refractivity contribution in [2.45, 2.75) is 32.0 Å². The molecule has 0 bridgehead atoms. The fraction of sp³-hybridized carbons (Fsp3) is 0.571. The van der Waals surface area contributed by atoms with E-state index < -0.39 is 5.97 Å². The summed E-state index contributed by atoms with van der Waals surface area (Å²) >= 11 is 0. The van der Waals surface area contributed by atoms with Crippen molar-refractivity contribution in [2.24, 2.45) is 0 Å². The highest BCUT2D eigenvalue weighted by Crippen LogP contribution is 2.25. The van der Waals surface area contributed by atoms with Crippen molar-refractivity contribution >= 4 is 11.9 Å². The van der Waals surface area contributed by atoms with Gasteiger partial charge in [0.25, 0.3) is 5.91 Å². The van der Waals surface area contributed by atoms with Crippen molar-refractivity contribution in [3.8, 4) is 0 Å². The monoisotopic (exact) mass is 294 g/mol. The molecular weight excluding hydrogens is 276 g/mol. The third-order valence-electron chi connectivity index (χ3n) is 4.20. The zero-order valence-corrected chi connectivity index (χ0v) is 11.6. The van der Waals surface area contributed by atoms with Crippen LogP contribution in [0, 0.1) is 0 Å². The van der Waals surface area contributed by atoms with Gasteiger partial charge in [-0.2, -0.15) is 0 Å². The summed E-state index contributed by atoms with van der Waals surface area (Å²) < 4.78 is 7.04. The van der Waals surface area contributed by atoms with E-state index in [1.54, 1.807) is 9.47 Å². The Morgan fingerprint density at radius 1 is 1.38 bits per heavy atom. The number of ether oxygens (including phenoxy) is 1. The SMILES string of the molecule is O=C(O)c1cc(C(=O)N2CCC[C@@H]2CO)n2c1COCC2. The molecule has 1 saturated heterocycles. The van der Waals surface area contributed by atoms with Gasteiger partial charge in [0.05, 0.1) is 37.1 Å². The summed E-state index contributed by atoms with van der Waals surface area (Å²) in [5, 5.41) is 18.6. The molecule has 2 aliphatic heterocycles. The van der Waals surface area contributed by atoms with Crippen molar-refractivity contribution in [1.82, 2.24) is 9.47 Å². The van der Waals surface area contributed by atoms with Crippen LogP contribution in [0.15, 0.2) is 6.07 Å². The van der Waals surface area contributed by atoms with Crippen LogP contribution in [0.2, 0.25) is 0 Å². The van der Waals surface area contributed by atoms with Crippen LogP contribution in [0.3, 0.4) is 0 Å². The maximum absolute atomic E-state index is 12.7. The Morgan fingerprint density at radius 2 is 2.19 bits per heavy atom. The van der Waals surface area contributed by atoms with Gasteiger partial charge in [0, 0.05) is 13.1 Å². The van der Waals surface area contributed by atoms with Crippen molar-refractivity contribution in [3.05, 3.63) is 23.0 Å². The lowest BCUT2D eigenvalue weighted by molar-refractivity contribution is 0.0615. The molecule has 0 aliphatic carbocycles. The second kappa shape index (κ2) is 5.50. The standard InChI is InChI=1S/C14H18N2O5/c17-7-9-2-1-3-15(9)13(18)11-6-10(14(19)20)12-8-21-5-4-16(11)12/h6,9,17H,1-5,7-8H2,(H,19,20)/t9-/m1/s1. The van der Waals surface area contributed by atoms with E-state index in [9.17, 15) is 19.8 Å². The number of likely N-dealkylation sites (tertiary alicyclic amines) is 1. The summed E-state index contributed by atoms with van der Waals surface area (Å²) in [6.07, 6.45) is 1.64. The van der Waals surface area contributed by atoms with Crippen molar-refractivity contribution in [1.29, 1.82) is 0 Å². The zero-order valence-electron chi connectivity index (χ0n) is 11.6. The lowest BCUT2D eigenvalue weighted by Crippen LogP contribution is -2.39. The van der Waals surface area contributed by atoms with Crippen LogP contribution in [-0.4, -0.2) is 57.4 Å². The van der Waals surface area contributed by atoms with Gasteiger partial charge in [-0.1, -0.05) is 0 Å². The minimum Gasteiger partial charge on any atom is -0.478 e. The van der Waals surface area contributed by atoms with Crippen LogP contribution in [-0.2, 0) is 17.9 Å².